The van der Waals surface area contributed by atoms with Crippen LogP contribution >= 0.6 is 0 Å². The van der Waals surface area contributed by atoms with Crippen LogP contribution in [0.5, 0.6) is 0 Å². The molecule has 0 saturated carbocycles. The van der Waals surface area contributed by atoms with Crippen LogP contribution < -0.4 is 0 Å². The van der Waals surface area contributed by atoms with E-state index in [9.17, 15) is 0 Å². The monoisotopic (exact) mass is 299 g/mol. The molecule has 2 aromatic carbocycles. The van der Waals surface area contributed by atoms with Crippen molar-refractivity contribution in [1.82, 2.24) is 14.5 Å². The molecule has 2 aromatic heterocycles. The fourth-order valence-electron chi connectivity index (χ4n) is 2.88. The van der Waals surface area contributed by atoms with Gasteiger partial charge in [0.25, 0.3) is 0 Å². The highest BCUT2D eigenvalue weighted by atomic mass is 15.1. The smallest absolute Gasteiger partial charge is 0.160 e. The number of aryl methyl sites for hydroxylation is 1. The molecule has 0 bridgehead atoms. The molecule has 0 aliphatic carbocycles. The molecule has 0 N–H and O–H groups in total. The molecule has 0 atom stereocenters. The second-order valence-electron chi connectivity index (χ2n) is 5.65. The number of pyridine rings is 1. The number of para-hydroxylation sites is 2. The van der Waals surface area contributed by atoms with Crippen LogP contribution in [0.25, 0.3) is 22.6 Å². The lowest BCUT2D eigenvalue weighted by Gasteiger charge is -2.11. The molecule has 2 heterocycles. The van der Waals surface area contributed by atoms with E-state index in [1.165, 1.54) is 11.1 Å². The summed E-state index contributed by atoms with van der Waals surface area (Å²) in [5.74, 6) is 0.912. The topological polar surface area (TPSA) is 30.7 Å². The van der Waals surface area contributed by atoms with Gasteiger partial charge in [-0.3, -0.25) is 4.98 Å². The number of fused-ring (bicyclic) bond motifs is 1. The van der Waals surface area contributed by atoms with Gasteiger partial charge in [-0.05, 0) is 42.3 Å². The van der Waals surface area contributed by atoms with Gasteiger partial charge in [0.2, 0.25) is 0 Å². The molecule has 0 fully saturated rings. The molecule has 3 heteroatoms. The SMILES string of the molecule is Cc1ccccc1Cn1c(-c2ccccn2)nc2ccccc21. The van der Waals surface area contributed by atoms with Crippen LogP contribution in [0.15, 0.2) is 72.9 Å². The lowest BCUT2D eigenvalue weighted by Crippen LogP contribution is -2.04. The van der Waals surface area contributed by atoms with Crippen molar-refractivity contribution in [3.63, 3.8) is 0 Å². The molecule has 3 nitrogen and oxygen atoms in total. The van der Waals surface area contributed by atoms with Crippen molar-refractivity contribution >= 4 is 11.0 Å². The first-order valence-corrected chi connectivity index (χ1v) is 7.74. The third kappa shape index (κ3) is 2.50. The third-order valence-corrected chi connectivity index (χ3v) is 4.14. The fourth-order valence-corrected chi connectivity index (χ4v) is 2.88. The lowest BCUT2D eigenvalue weighted by molar-refractivity contribution is 0.824. The summed E-state index contributed by atoms with van der Waals surface area (Å²) < 4.78 is 2.25. The summed E-state index contributed by atoms with van der Waals surface area (Å²) in [7, 11) is 0. The van der Waals surface area contributed by atoms with E-state index in [1.807, 2.05) is 30.5 Å². The summed E-state index contributed by atoms with van der Waals surface area (Å²) in [6.45, 7) is 2.94. The molecule has 4 aromatic rings. The van der Waals surface area contributed by atoms with E-state index in [4.69, 9.17) is 4.98 Å². The van der Waals surface area contributed by atoms with Gasteiger partial charge in [0, 0.05) is 12.7 Å². The zero-order chi connectivity index (χ0) is 15.6. The molecule has 0 aliphatic rings. The Bertz CT molecular complexity index is 955. The normalized spacial score (nSPS) is 11.0. The second-order valence-corrected chi connectivity index (χ2v) is 5.65. The van der Waals surface area contributed by atoms with Crippen LogP contribution in [-0.4, -0.2) is 14.5 Å². The molecule has 0 unspecified atom stereocenters. The summed E-state index contributed by atoms with van der Waals surface area (Å²) in [6, 6.07) is 22.7. The van der Waals surface area contributed by atoms with E-state index >= 15 is 0 Å². The zero-order valence-electron chi connectivity index (χ0n) is 13.0. The molecule has 0 spiro atoms. The third-order valence-electron chi connectivity index (χ3n) is 4.14. The minimum absolute atomic E-state index is 0.791. The van der Waals surface area contributed by atoms with E-state index in [-0.39, 0.29) is 0 Å². The quantitative estimate of drug-likeness (QED) is 0.559. The first kappa shape index (κ1) is 13.7. The molecular formula is C20H17N3. The Labute approximate surface area is 135 Å². The van der Waals surface area contributed by atoms with Crippen molar-refractivity contribution in [2.75, 3.05) is 0 Å². The van der Waals surface area contributed by atoms with Gasteiger partial charge < -0.3 is 4.57 Å². The van der Waals surface area contributed by atoms with Crippen LogP contribution in [0.2, 0.25) is 0 Å². The molecule has 112 valence electrons. The van der Waals surface area contributed by atoms with E-state index in [0.717, 1.165) is 29.1 Å². The van der Waals surface area contributed by atoms with E-state index < -0.39 is 0 Å². The van der Waals surface area contributed by atoms with Crippen LogP contribution in [0.1, 0.15) is 11.1 Å². The Kier molecular flexibility index (Phi) is 3.39. The maximum Gasteiger partial charge on any atom is 0.160 e. The highest BCUT2D eigenvalue weighted by Crippen LogP contribution is 2.25. The number of rotatable bonds is 3. The Hall–Kier alpha value is -2.94. The fraction of sp³-hybridized carbons (Fsp3) is 0.100. The summed E-state index contributed by atoms with van der Waals surface area (Å²) in [6.07, 6.45) is 1.81. The maximum atomic E-state index is 4.81. The van der Waals surface area contributed by atoms with Crippen molar-refractivity contribution in [3.8, 4) is 11.5 Å². The first-order chi connectivity index (χ1) is 11.3. The van der Waals surface area contributed by atoms with Crippen molar-refractivity contribution in [2.24, 2.45) is 0 Å². The van der Waals surface area contributed by atoms with Crippen molar-refractivity contribution < 1.29 is 0 Å². The molecule has 23 heavy (non-hydrogen) atoms. The van der Waals surface area contributed by atoms with Gasteiger partial charge in [0.1, 0.15) is 5.69 Å². The van der Waals surface area contributed by atoms with Crippen molar-refractivity contribution in [2.45, 2.75) is 13.5 Å². The lowest BCUT2D eigenvalue weighted by atomic mass is 10.1. The highest BCUT2D eigenvalue weighted by molar-refractivity contribution is 5.80. The molecule has 4 rings (SSSR count). The van der Waals surface area contributed by atoms with Crippen molar-refractivity contribution in [3.05, 3.63) is 84.1 Å². The number of hydrogen-bond donors (Lipinski definition) is 0. The largest absolute Gasteiger partial charge is 0.318 e. The molecular weight excluding hydrogens is 282 g/mol. The Balaban J connectivity index is 1.92. The van der Waals surface area contributed by atoms with E-state index in [2.05, 4.69) is 58.9 Å². The zero-order valence-corrected chi connectivity index (χ0v) is 13.0. The summed E-state index contributed by atoms with van der Waals surface area (Å²) in [5, 5.41) is 0. The van der Waals surface area contributed by atoms with Crippen LogP contribution in [0.3, 0.4) is 0 Å². The summed E-state index contributed by atoms with van der Waals surface area (Å²) in [5.41, 5.74) is 5.63. The maximum absolute atomic E-state index is 4.81. The Morgan fingerprint density at radius 3 is 2.48 bits per heavy atom. The molecule has 0 amide bonds. The minimum atomic E-state index is 0.791. The van der Waals surface area contributed by atoms with Crippen LogP contribution in [0, 0.1) is 6.92 Å². The first-order valence-electron chi connectivity index (χ1n) is 7.74. The van der Waals surface area contributed by atoms with Crippen molar-refractivity contribution in [1.29, 1.82) is 0 Å². The Morgan fingerprint density at radius 1 is 0.870 bits per heavy atom. The van der Waals surface area contributed by atoms with Gasteiger partial charge in [-0.25, -0.2) is 4.98 Å². The minimum Gasteiger partial charge on any atom is -0.318 e. The average molecular weight is 299 g/mol. The predicted molar refractivity (Wildman–Crippen MR) is 93.2 cm³/mol. The average Bonchev–Trinajstić information content (AvgIpc) is 2.96. The summed E-state index contributed by atoms with van der Waals surface area (Å²) >= 11 is 0. The number of imidazole rings is 1. The number of hydrogen-bond acceptors (Lipinski definition) is 2. The standard InChI is InChI=1S/C20H17N3/c1-15-8-2-3-9-16(15)14-23-19-12-5-4-10-17(19)22-20(23)18-11-6-7-13-21-18/h2-13H,14H2,1H3. The van der Waals surface area contributed by atoms with Gasteiger partial charge in [-0.15, -0.1) is 0 Å². The van der Waals surface area contributed by atoms with Gasteiger partial charge in [0.05, 0.1) is 11.0 Å². The molecule has 0 saturated heterocycles. The number of aromatic nitrogens is 3. The Morgan fingerprint density at radius 2 is 1.65 bits per heavy atom. The van der Waals surface area contributed by atoms with E-state index in [1.54, 1.807) is 0 Å². The van der Waals surface area contributed by atoms with Crippen LogP contribution in [-0.2, 0) is 6.54 Å². The highest BCUT2D eigenvalue weighted by Gasteiger charge is 2.13. The van der Waals surface area contributed by atoms with Gasteiger partial charge >= 0.3 is 0 Å². The molecule has 0 aliphatic heterocycles. The van der Waals surface area contributed by atoms with Gasteiger partial charge in [-0.2, -0.15) is 0 Å². The summed E-state index contributed by atoms with van der Waals surface area (Å²) in [4.78, 5) is 9.29. The predicted octanol–water partition coefficient (Wildman–Crippen LogP) is 4.46. The van der Waals surface area contributed by atoms with E-state index in [0.29, 0.717) is 0 Å². The van der Waals surface area contributed by atoms with Gasteiger partial charge in [0.15, 0.2) is 5.82 Å². The van der Waals surface area contributed by atoms with Gasteiger partial charge in [-0.1, -0.05) is 42.5 Å². The van der Waals surface area contributed by atoms with Crippen LogP contribution in [0.4, 0.5) is 0 Å². The molecule has 0 radical (unpaired) electrons. The second kappa shape index (κ2) is 5.69. The number of benzene rings is 2. The number of nitrogens with zero attached hydrogens (tertiary/aromatic N) is 3.